The Morgan fingerprint density at radius 2 is 2.00 bits per heavy atom. The van der Waals surface area contributed by atoms with Gasteiger partial charge in [0.15, 0.2) is 0 Å². The molecule has 0 amide bonds. The second kappa shape index (κ2) is 7.30. The minimum Gasteiger partial charge on any atom is -0.490 e. The van der Waals surface area contributed by atoms with Crippen molar-refractivity contribution in [2.45, 2.75) is 58.7 Å². The van der Waals surface area contributed by atoms with E-state index >= 15 is 0 Å². The molecule has 2 heterocycles. The highest BCUT2D eigenvalue weighted by Gasteiger charge is 2.30. The van der Waals surface area contributed by atoms with Crippen molar-refractivity contribution in [1.82, 2.24) is 0 Å². The summed E-state index contributed by atoms with van der Waals surface area (Å²) in [6.45, 7) is 5.94. The third-order valence-electron chi connectivity index (χ3n) is 4.61. The fourth-order valence-corrected chi connectivity index (χ4v) is 3.22. The molecule has 3 rings (SSSR count). The highest BCUT2D eigenvalue weighted by Crippen LogP contribution is 2.31. The zero-order valence-electron chi connectivity index (χ0n) is 15.0. The molecule has 1 fully saturated rings. The molecule has 0 radical (unpaired) electrons. The van der Waals surface area contributed by atoms with Crippen LogP contribution in [0.2, 0.25) is 0 Å². The highest BCUT2D eigenvalue weighted by atomic mass is 16.6. The number of fused-ring (bicyclic) bond motifs is 1. The molecule has 2 unspecified atom stereocenters. The Balaban J connectivity index is 1.40. The lowest BCUT2D eigenvalue weighted by molar-refractivity contribution is -0.152. The second-order valence-corrected chi connectivity index (χ2v) is 6.99. The van der Waals surface area contributed by atoms with Crippen LogP contribution in [-0.2, 0) is 25.5 Å². The molecule has 1 aromatic rings. The summed E-state index contributed by atoms with van der Waals surface area (Å²) in [4.78, 5) is 23.6. The van der Waals surface area contributed by atoms with Gasteiger partial charge in [-0.25, -0.2) is 4.79 Å². The maximum Gasteiger partial charge on any atom is 0.334 e. The molecule has 5 nitrogen and oxygen atoms in total. The molecule has 0 bridgehead atoms. The normalized spacial score (nSPS) is 21.6. The van der Waals surface area contributed by atoms with Crippen molar-refractivity contribution >= 4 is 11.9 Å². The van der Waals surface area contributed by atoms with Crippen LogP contribution in [-0.4, -0.2) is 30.8 Å². The summed E-state index contributed by atoms with van der Waals surface area (Å²) >= 11 is 0. The lowest BCUT2D eigenvalue weighted by atomic mass is 10.0. The number of carbonyl (C=O) groups is 2. The molecule has 2 aliphatic rings. The lowest BCUT2D eigenvalue weighted by Crippen LogP contribution is -2.20. The molecule has 1 aromatic carbocycles. The van der Waals surface area contributed by atoms with Crippen molar-refractivity contribution in [2.75, 3.05) is 6.61 Å². The fourth-order valence-electron chi connectivity index (χ4n) is 3.22. The Morgan fingerprint density at radius 1 is 1.20 bits per heavy atom. The van der Waals surface area contributed by atoms with Crippen LogP contribution in [0.25, 0.3) is 0 Å². The predicted octanol–water partition coefficient (Wildman–Crippen LogP) is 3.27. The van der Waals surface area contributed by atoms with Crippen molar-refractivity contribution in [1.29, 1.82) is 0 Å². The van der Waals surface area contributed by atoms with Gasteiger partial charge in [0, 0.05) is 24.8 Å². The molecule has 134 valence electrons. The van der Waals surface area contributed by atoms with E-state index in [1.54, 1.807) is 0 Å². The Hall–Kier alpha value is -2.30. The number of benzene rings is 1. The van der Waals surface area contributed by atoms with Gasteiger partial charge >= 0.3 is 11.9 Å². The molecule has 0 aliphatic carbocycles. The highest BCUT2D eigenvalue weighted by molar-refractivity contribution is 5.91. The first kappa shape index (κ1) is 17.5. The molecule has 0 spiro atoms. The maximum atomic E-state index is 12.0. The Kier molecular flexibility index (Phi) is 5.11. The van der Waals surface area contributed by atoms with Crippen LogP contribution in [0.5, 0.6) is 5.75 Å². The number of rotatable bonds is 5. The standard InChI is InChI=1S/C20H24O5/c1-12(2)17-10-16(25-20(17)22)11-23-19(21)7-5-15-9-14-8-13(3)4-6-18(14)24-15/h4,6,8,15-16H,5,7,9-11H2,1-3H3. The second-order valence-electron chi connectivity index (χ2n) is 6.99. The molecule has 1 saturated heterocycles. The summed E-state index contributed by atoms with van der Waals surface area (Å²) in [5.41, 5.74) is 4.05. The van der Waals surface area contributed by atoms with E-state index in [2.05, 4.69) is 13.0 Å². The van der Waals surface area contributed by atoms with E-state index in [1.165, 1.54) is 11.1 Å². The monoisotopic (exact) mass is 344 g/mol. The summed E-state index contributed by atoms with van der Waals surface area (Å²) in [6.07, 6.45) is 1.91. The number of hydrogen-bond donors (Lipinski definition) is 0. The summed E-state index contributed by atoms with van der Waals surface area (Å²) in [7, 11) is 0. The topological polar surface area (TPSA) is 61.8 Å². The minimum atomic E-state index is -0.365. The van der Waals surface area contributed by atoms with Gasteiger partial charge in [-0.15, -0.1) is 0 Å². The largest absolute Gasteiger partial charge is 0.490 e. The summed E-state index contributed by atoms with van der Waals surface area (Å²) in [5.74, 6) is 0.335. The van der Waals surface area contributed by atoms with E-state index < -0.39 is 0 Å². The van der Waals surface area contributed by atoms with E-state index in [0.29, 0.717) is 24.8 Å². The molecule has 2 atom stereocenters. The van der Waals surface area contributed by atoms with E-state index in [4.69, 9.17) is 14.2 Å². The van der Waals surface area contributed by atoms with Gasteiger partial charge in [0.05, 0.1) is 0 Å². The van der Waals surface area contributed by atoms with E-state index in [0.717, 1.165) is 17.7 Å². The van der Waals surface area contributed by atoms with E-state index in [1.807, 2.05) is 26.0 Å². The van der Waals surface area contributed by atoms with Gasteiger partial charge in [0.25, 0.3) is 0 Å². The number of hydrogen-bond acceptors (Lipinski definition) is 5. The summed E-state index contributed by atoms with van der Waals surface area (Å²) in [5, 5.41) is 0. The quantitative estimate of drug-likeness (QED) is 0.606. The van der Waals surface area contributed by atoms with Crippen molar-refractivity contribution in [3.05, 3.63) is 40.5 Å². The van der Waals surface area contributed by atoms with Crippen LogP contribution in [0.1, 0.15) is 44.2 Å². The lowest BCUT2D eigenvalue weighted by Gasteiger charge is -2.12. The third kappa shape index (κ3) is 4.21. The summed E-state index contributed by atoms with van der Waals surface area (Å²) in [6, 6.07) is 6.14. The molecule has 5 heteroatoms. The minimum absolute atomic E-state index is 0.0194. The first-order valence-electron chi connectivity index (χ1n) is 8.71. The zero-order chi connectivity index (χ0) is 18.0. The first-order chi connectivity index (χ1) is 11.9. The van der Waals surface area contributed by atoms with E-state index in [-0.39, 0.29) is 30.8 Å². The third-order valence-corrected chi connectivity index (χ3v) is 4.61. The van der Waals surface area contributed by atoms with Gasteiger partial charge in [0.2, 0.25) is 0 Å². The zero-order valence-corrected chi connectivity index (χ0v) is 15.0. The first-order valence-corrected chi connectivity index (χ1v) is 8.71. The van der Waals surface area contributed by atoms with Crippen LogP contribution >= 0.6 is 0 Å². The number of allylic oxidation sites excluding steroid dienone is 1. The molecular formula is C20H24O5. The molecule has 0 saturated carbocycles. The van der Waals surface area contributed by atoms with Gasteiger partial charge in [-0.1, -0.05) is 23.3 Å². The molecule has 0 N–H and O–H groups in total. The van der Waals surface area contributed by atoms with Gasteiger partial charge in [-0.2, -0.15) is 0 Å². The fraction of sp³-hybridized carbons (Fsp3) is 0.500. The van der Waals surface area contributed by atoms with Gasteiger partial charge in [-0.3, -0.25) is 4.79 Å². The van der Waals surface area contributed by atoms with E-state index in [9.17, 15) is 9.59 Å². The van der Waals surface area contributed by atoms with Crippen LogP contribution in [0, 0.1) is 6.92 Å². The van der Waals surface area contributed by atoms with Gasteiger partial charge in [-0.05, 0) is 38.8 Å². The Morgan fingerprint density at radius 3 is 2.72 bits per heavy atom. The molecule has 25 heavy (non-hydrogen) atoms. The summed E-state index contributed by atoms with van der Waals surface area (Å²) < 4.78 is 16.3. The van der Waals surface area contributed by atoms with Gasteiger partial charge < -0.3 is 14.2 Å². The Bertz CT molecular complexity index is 715. The van der Waals surface area contributed by atoms with Crippen molar-refractivity contribution in [2.24, 2.45) is 0 Å². The SMILES string of the molecule is CC(C)=C1CC(COC(=O)CCC2Cc3cc(C)ccc3O2)OC1=O. The molecule has 0 aromatic heterocycles. The number of aryl methyl sites for hydroxylation is 1. The average Bonchev–Trinajstić information content (AvgIpc) is 3.13. The van der Waals surface area contributed by atoms with Gasteiger partial charge in [0.1, 0.15) is 24.6 Å². The Labute approximate surface area is 148 Å². The molecule has 2 aliphatic heterocycles. The van der Waals surface area contributed by atoms with Crippen molar-refractivity contribution in [3.8, 4) is 5.75 Å². The van der Waals surface area contributed by atoms with Crippen molar-refractivity contribution in [3.63, 3.8) is 0 Å². The van der Waals surface area contributed by atoms with Crippen molar-refractivity contribution < 1.29 is 23.8 Å². The average molecular weight is 344 g/mol. The van der Waals surface area contributed by atoms with Crippen LogP contribution < -0.4 is 4.74 Å². The number of ether oxygens (including phenoxy) is 3. The number of carbonyl (C=O) groups excluding carboxylic acids is 2. The smallest absolute Gasteiger partial charge is 0.334 e. The number of esters is 2. The maximum absolute atomic E-state index is 12.0. The molecular weight excluding hydrogens is 320 g/mol. The predicted molar refractivity (Wildman–Crippen MR) is 92.4 cm³/mol. The van der Waals surface area contributed by atoms with Crippen LogP contribution in [0.3, 0.4) is 0 Å². The van der Waals surface area contributed by atoms with Crippen LogP contribution in [0.15, 0.2) is 29.3 Å². The van der Waals surface area contributed by atoms with Crippen LogP contribution in [0.4, 0.5) is 0 Å². The number of cyclic esters (lactones) is 1.